The zero-order chi connectivity index (χ0) is 26.2. The first-order chi connectivity index (χ1) is 18.5. The van der Waals surface area contributed by atoms with Crippen molar-refractivity contribution in [2.45, 2.75) is 32.6 Å². The molecule has 0 atom stereocenters. The van der Waals surface area contributed by atoms with E-state index in [-0.39, 0.29) is 17.5 Å². The molecule has 196 valence electrons. The van der Waals surface area contributed by atoms with E-state index in [0.29, 0.717) is 40.8 Å². The second-order valence-electron chi connectivity index (χ2n) is 10.0. The minimum absolute atomic E-state index is 0.170. The van der Waals surface area contributed by atoms with Gasteiger partial charge in [-0.15, -0.1) is 0 Å². The predicted octanol–water partition coefficient (Wildman–Crippen LogP) is 4.74. The number of likely N-dealkylation sites (tertiary alicyclic amines) is 1. The number of carbonyl (C=O) groups excluding carboxylic acids is 1. The van der Waals surface area contributed by atoms with Crippen molar-refractivity contribution in [3.63, 3.8) is 0 Å². The van der Waals surface area contributed by atoms with Crippen molar-refractivity contribution in [3.05, 3.63) is 59.7 Å². The largest absolute Gasteiger partial charge is 0.508 e. The van der Waals surface area contributed by atoms with Crippen LogP contribution in [0.5, 0.6) is 5.75 Å². The van der Waals surface area contributed by atoms with Crippen molar-refractivity contribution in [2.24, 2.45) is 0 Å². The van der Waals surface area contributed by atoms with Crippen molar-refractivity contribution in [1.82, 2.24) is 30.0 Å². The molecule has 1 amide bonds. The van der Waals surface area contributed by atoms with E-state index in [1.807, 2.05) is 24.1 Å². The Hall–Kier alpha value is -3.98. The maximum absolute atomic E-state index is 15.6. The van der Waals surface area contributed by atoms with Gasteiger partial charge in [-0.2, -0.15) is 5.10 Å². The third-order valence-electron chi connectivity index (χ3n) is 7.72. The summed E-state index contributed by atoms with van der Waals surface area (Å²) in [5.41, 5.74) is 5.05. The standard InChI is InChI=1S/C29H31FN6O2/c1-2-18-16-20(37)5-6-21(18)22-7-8-23-27(26(22)30)33-34-28(23)29-31-17-24(32-29)19-9-12-35(13-10-19)14-15-36-11-3-4-25(36)38/h5-9,16-17,37H,2-4,10-15H2,1H3,(H,31,32)(H,33,34). The Bertz CT molecular complexity index is 1540. The number of H-pyrrole nitrogens is 2. The van der Waals surface area contributed by atoms with Gasteiger partial charge in [-0.3, -0.25) is 14.8 Å². The number of aromatic amines is 2. The molecular formula is C29H31FN6O2. The number of hydrogen-bond acceptors (Lipinski definition) is 5. The number of aromatic hydroxyl groups is 1. The van der Waals surface area contributed by atoms with Crippen LogP contribution < -0.4 is 0 Å². The van der Waals surface area contributed by atoms with Crippen LogP contribution >= 0.6 is 0 Å². The Morgan fingerprint density at radius 3 is 2.74 bits per heavy atom. The van der Waals surface area contributed by atoms with E-state index in [1.165, 1.54) is 5.57 Å². The Balaban J connectivity index is 1.20. The Morgan fingerprint density at radius 2 is 1.97 bits per heavy atom. The molecule has 3 N–H and O–H groups in total. The first-order valence-electron chi connectivity index (χ1n) is 13.3. The number of halogens is 1. The Morgan fingerprint density at radius 1 is 1.11 bits per heavy atom. The van der Waals surface area contributed by atoms with Gasteiger partial charge in [0.05, 0.1) is 5.69 Å². The van der Waals surface area contributed by atoms with Crippen LogP contribution in [0.15, 0.2) is 42.6 Å². The molecule has 2 aliphatic heterocycles. The molecule has 2 aliphatic rings. The van der Waals surface area contributed by atoms with Gasteiger partial charge < -0.3 is 15.0 Å². The molecule has 38 heavy (non-hydrogen) atoms. The molecular weight excluding hydrogens is 483 g/mol. The number of benzene rings is 2. The normalized spacial score (nSPS) is 16.5. The van der Waals surface area contributed by atoms with Gasteiger partial charge in [-0.05, 0) is 54.2 Å². The minimum atomic E-state index is -0.376. The lowest BCUT2D eigenvalue weighted by Crippen LogP contribution is -2.37. The van der Waals surface area contributed by atoms with E-state index < -0.39 is 0 Å². The lowest BCUT2D eigenvalue weighted by molar-refractivity contribution is -0.127. The second kappa shape index (κ2) is 10.1. The third-order valence-corrected chi connectivity index (χ3v) is 7.72. The number of nitrogens with one attached hydrogen (secondary N) is 2. The number of carbonyl (C=O) groups is 1. The highest BCUT2D eigenvalue weighted by Gasteiger charge is 2.23. The summed E-state index contributed by atoms with van der Waals surface area (Å²) in [6, 6.07) is 8.63. The average Bonchev–Trinajstić information content (AvgIpc) is 3.68. The first-order valence-corrected chi connectivity index (χ1v) is 13.3. The van der Waals surface area contributed by atoms with Crippen LogP contribution in [0.3, 0.4) is 0 Å². The fourth-order valence-corrected chi connectivity index (χ4v) is 5.54. The molecule has 0 saturated carbocycles. The van der Waals surface area contributed by atoms with E-state index in [9.17, 15) is 9.90 Å². The summed E-state index contributed by atoms with van der Waals surface area (Å²) in [5, 5.41) is 17.7. The summed E-state index contributed by atoms with van der Waals surface area (Å²) >= 11 is 0. The smallest absolute Gasteiger partial charge is 0.222 e. The van der Waals surface area contributed by atoms with E-state index in [1.54, 1.807) is 24.3 Å². The van der Waals surface area contributed by atoms with Crippen molar-refractivity contribution in [3.8, 4) is 28.4 Å². The van der Waals surface area contributed by atoms with E-state index >= 15 is 4.39 Å². The number of hydrogen-bond donors (Lipinski definition) is 3. The highest BCUT2D eigenvalue weighted by molar-refractivity contribution is 5.95. The number of imidazole rings is 1. The lowest BCUT2D eigenvalue weighted by atomic mass is 9.96. The monoisotopic (exact) mass is 514 g/mol. The SMILES string of the molecule is CCc1cc(O)ccc1-c1ccc2c(-c3nc(C4=CCN(CCN5CCCC5=O)CC4)c[nH]3)n[nH]c2c1F. The van der Waals surface area contributed by atoms with Crippen LogP contribution in [-0.4, -0.2) is 73.7 Å². The fraction of sp³-hybridized carbons (Fsp3) is 0.345. The number of phenolic OH excluding ortho intramolecular Hbond substituents is 1. The van der Waals surface area contributed by atoms with Gasteiger partial charge in [0.2, 0.25) is 5.91 Å². The molecule has 0 bridgehead atoms. The second-order valence-corrected chi connectivity index (χ2v) is 10.0. The molecule has 0 radical (unpaired) electrons. The molecule has 1 fully saturated rings. The summed E-state index contributed by atoms with van der Waals surface area (Å²) in [6.07, 6.45) is 7.30. The van der Waals surface area contributed by atoms with Gasteiger partial charge in [0, 0.05) is 56.3 Å². The topological polar surface area (TPSA) is 101 Å². The zero-order valence-electron chi connectivity index (χ0n) is 21.4. The van der Waals surface area contributed by atoms with Crippen LogP contribution in [0.2, 0.25) is 0 Å². The van der Waals surface area contributed by atoms with Crippen molar-refractivity contribution < 1.29 is 14.3 Å². The van der Waals surface area contributed by atoms with Gasteiger partial charge in [0.25, 0.3) is 0 Å². The lowest BCUT2D eigenvalue weighted by Gasteiger charge is -2.27. The molecule has 6 rings (SSSR count). The van der Waals surface area contributed by atoms with E-state index in [4.69, 9.17) is 4.98 Å². The highest BCUT2D eigenvalue weighted by atomic mass is 19.1. The van der Waals surface area contributed by atoms with Gasteiger partial charge in [0.15, 0.2) is 11.6 Å². The summed E-state index contributed by atoms with van der Waals surface area (Å²) < 4.78 is 15.6. The Kier molecular flexibility index (Phi) is 6.45. The molecule has 2 aromatic carbocycles. The van der Waals surface area contributed by atoms with Gasteiger partial charge in [-0.25, -0.2) is 9.37 Å². The van der Waals surface area contributed by atoms with Gasteiger partial charge >= 0.3 is 0 Å². The van der Waals surface area contributed by atoms with Crippen molar-refractivity contribution in [2.75, 3.05) is 32.7 Å². The number of fused-ring (bicyclic) bond motifs is 1. The molecule has 9 heteroatoms. The predicted molar refractivity (Wildman–Crippen MR) is 145 cm³/mol. The van der Waals surface area contributed by atoms with E-state index in [2.05, 4.69) is 26.2 Å². The Labute approximate surface area is 220 Å². The summed E-state index contributed by atoms with van der Waals surface area (Å²) in [4.78, 5) is 24.2. The van der Waals surface area contributed by atoms with E-state index in [0.717, 1.165) is 62.4 Å². The molecule has 4 aromatic rings. The van der Waals surface area contributed by atoms with Crippen molar-refractivity contribution >= 4 is 22.4 Å². The maximum Gasteiger partial charge on any atom is 0.222 e. The van der Waals surface area contributed by atoms with Crippen LogP contribution in [0, 0.1) is 5.82 Å². The number of phenols is 1. The summed E-state index contributed by atoms with van der Waals surface area (Å²) in [6.45, 7) is 6.30. The molecule has 2 aromatic heterocycles. The van der Waals surface area contributed by atoms with Gasteiger partial charge in [-0.1, -0.05) is 25.1 Å². The fourth-order valence-electron chi connectivity index (χ4n) is 5.54. The molecule has 0 unspecified atom stereocenters. The number of rotatable bonds is 7. The number of aromatic nitrogens is 4. The molecule has 4 heterocycles. The quantitative estimate of drug-likeness (QED) is 0.331. The molecule has 0 aliphatic carbocycles. The van der Waals surface area contributed by atoms with Crippen molar-refractivity contribution in [1.29, 1.82) is 0 Å². The van der Waals surface area contributed by atoms with Crippen LogP contribution in [0.1, 0.15) is 37.4 Å². The van der Waals surface area contributed by atoms with Crippen LogP contribution in [0.4, 0.5) is 4.39 Å². The van der Waals surface area contributed by atoms with Crippen LogP contribution in [0.25, 0.3) is 39.1 Å². The van der Waals surface area contributed by atoms with Gasteiger partial charge in [0.1, 0.15) is 17.0 Å². The summed E-state index contributed by atoms with van der Waals surface area (Å²) in [7, 11) is 0. The zero-order valence-corrected chi connectivity index (χ0v) is 21.4. The first kappa shape index (κ1) is 24.4. The summed E-state index contributed by atoms with van der Waals surface area (Å²) in [5.74, 6) is 0.659. The average molecular weight is 515 g/mol. The highest BCUT2D eigenvalue weighted by Crippen LogP contribution is 2.35. The number of nitrogens with zero attached hydrogens (tertiary/aromatic N) is 4. The molecule has 0 spiro atoms. The minimum Gasteiger partial charge on any atom is -0.508 e. The number of amides is 1. The third kappa shape index (κ3) is 4.47. The number of aryl methyl sites for hydroxylation is 1. The maximum atomic E-state index is 15.6. The molecule has 8 nitrogen and oxygen atoms in total. The van der Waals surface area contributed by atoms with Crippen LogP contribution in [-0.2, 0) is 11.2 Å². The molecule has 1 saturated heterocycles.